The largest absolute Gasteiger partial charge is 0.374 e. The number of rotatable bonds is 6. The van der Waals surface area contributed by atoms with Crippen LogP contribution in [0.5, 0.6) is 0 Å². The lowest BCUT2D eigenvalue weighted by molar-refractivity contribution is 0.0270. The highest BCUT2D eigenvalue weighted by Gasteiger charge is 2.29. The highest BCUT2D eigenvalue weighted by molar-refractivity contribution is 4.83. The summed E-state index contributed by atoms with van der Waals surface area (Å²) < 4.78 is 5.96. The molecule has 1 aliphatic heterocycles. The molecule has 15 heavy (non-hydrogen) atoms. The third kappa shape index (κ3) is 4.12. The fourth-order valence-electron chi connectivity index (χ4n) is 2.36. The third-order valence-electron chi connectivity index (χ3n) is 3.53. The second-order valence-corrected chi connectivity index (χ2v) is 4.98. The Morgan fingerprint density at radius 3 is 2.53 bits per heavy atom. The Kier molecular flexibility index (Phi) is 5.62. The van der Waals surface area contributed by atoms with Gasteiger partial charge in [0.2, 0.25) is 0 Å². The number of likely N-dealkylation sites (N-methyl/N-ethyl adjacent to an activating group) is 1. The van der Waals surface area contributed by atoms with Crippen LogP contribution in [0.15, 0.2) is 0 Å². The molecule has 4 atom stereocenters. The van der Waals surface area contributed by atoms with E-state index in [1.54, 1.807) is 0 Å². The molecule has 0 aromatic heterocycles. The topological polar surface area (TPSA) is 21.3 Å². The van der Waals surface area contributed by atoms with Crippen LogP contribution < -0.4 is 5.32 Å². The van der Waals surface area contributed by atoms with E-state index >= 15 is 0 Å². The van der Waals surface area contributed by atoms with E-state index in [0.29, 0.717) is 18.2 Å². The molecule has 1 rings (SSSR count). The molecule has 1 heterocycles. The average Bonchev–Trinajstić information content (AvgIpc) is 2.64. The molecule has 1 aliphatic rings. The molecule has 0 bridgehead atoms. The van der Waals surface area contributed by atoms with Crippen LogP contribution in [0.4, 0.5) is 0 Å². The van der Waals surface area contributed by atoms with Gasteiger partial charge in [-0.1, -0.05) is 27.2 Å². The monoisotopic (exact) mass is 213 g/mol. The van der Waals surface area contributed by atoms with Crippen molar-refractivity contribution in [2.24, 2.45) is 5.92 Å². The van der Waals surface area contributed by atoms with Gasteiger partial charge < -0.3 is 10.1 Å². The van der Waals surface area contributed by atoms with Crippen LogP contribution in [-0.4, -0.2) is 24.8 Å². The Bertz CT molecular complexity index is 172. The van der Waals surface area contributed by atoms with Crippen molar-refractivity contribution in [3.8, 4) is 0 Å². The molecule has 0 aromatic carbocycles. The summed E-state index contributed by atoms with van der Waals surface area (Å²) in [6, 6.07) is 0.565. The molecule has 1 N–H and O–H groups in total. The zero-order valence-corrected chi connectivity index (χ0v) is 10.8. The lowest BCUT2D eigenvalue weighted by Gasteiger charge is -2.26. The maximum absolute atomic E-state index is 5.96. The fraction of sp³-hybridized carbons (Fsp3) is 1.00. The highest BCUT2D eigenvalue weighted by Crippen LogP contribution is 2.25. The van der Waals surface area contributed by atoms with Gasteiger partial charge in [0.05, 0.1) is 12.2 Å². The summed E-state index contributed by atoms with van der Waals surface area (Å²) in [6.45, 7) is 10.0. The second kappa shape index (κ2) is 6.49. The molecule has 90 valence electrons. The van der Waals surface area contributed by atoms with Gasteiger partial charge in [-0.2, -0.15) is 0 Å². The van der Waals surface area contributed by atoms with Crippen molar-refractivity contribution in [2.45, 2.75) is 71.6 Å². The maximum atomic E-state index is 5.96. The van der Waals surface area contributed by atoms with E-state index in [4.69, 9.17) is 4.74 Å². The van der Waals surface area contributed by atoms with Crippen molar-refractivity contribution < 1.29 is 4.74 Å². The van der Waals surface area contributed by atoms with Gasteiger partial charge in [-0.05, 0) is 38.6 Å². The molecule has 0 spiro atoms. The molecule has 0 aromatic rings. The van der Waals surface area contributed by atoms with E-state index in [9.17, 15) is 0 Å². The molecule has 0 aliphatic carbocycles. The minimum atomic E-state index is 0.453. The zero-order chi connectivity index (χ0) is 11.3. The average molecular weight is 213 g/mol. The normalized spacial score (nSPS) is 30.4. The Labute approximate surface area is 94.8 Å². The van der Waals surface area contributed by atoms with Gasteiger partial charge in [-0.15, -0.1) is 0 Å². The Morgan fingerprint density at radius 2 is 2.07 bits per heavy atom. The lowest BCUT2D eigenvalue weighted by atomic mass is 9.94. The minimum Gasteiger partial charge on any atom is -0.374 e. The maximum Gasteiger partial charge on any atom is 0.0732 e. The Balaban J connectivity index is 2.42. The number of hydrogen-bond acceptors (Lipinski definition) is 2. The summed E-state index contributed by atoms with van der Waals surface area (Å²) in [7, 11) is 0. The quantitative estimate of drug-likeness (QED) is 0.732. The van der Waals surface area contributed by atoms with Crippen molar-refractivity contribution in [2.75, 3.05) is 6.54 Å². The first kappa shape index (κ1) is 13.0. The van der Waals surface area contributed by atoms with Crippen molar-refractivity contribution in [1.29, 1.82) is 0 Å². The molecular weight excluding hydrogens is 186 g/mol. The van der Waals surface area contributed by atoms with Crippen molar-refractivity contribution >= 4 is 0 Å². The molecule has 1 saturated heterocycles. The third-order valence-corrected chi connectivity index (χ3v) is 3.53. The molecule has 1 fully saturated rings. The molecule has 0 radical (unpaired) electrons. The van der Waals surface area contributed by atoms with Crippen LogP contribution in [0, 0.1) is 5.92 Å². The van der Waals surface area contributed by atoms with Gasteiger partial charge in [0.25, 0.3) is 0 Å². The summed E-state index contributed by atoms with van der Waals surface area (Å²) in [5, 5.41) is 3.59. The summed E-state index contributed by atoms with van der Waals surface area (Å²) >= 11 is 0. The minimum absolute atomic E-state index is 0.453. The molecule has 2 heteroatoms. The fourth-order valence-corrected chi connectivity index (χ4v) is 2.36. The Morgan fingerprint density at radius 1 is 1.33 bits per heavy atom. The molecule has 0 saturated carbocycles. The first-order chi connectivity index (χ1) is 7.17. The van der Waals surface area contributed by atoms with Gasteiger partial charge in [0, 0.05) is 6.04 Å². The van der Waals surface area contributed by atoms with Gasteiger partial charge in [-0.25, -0.2) is 0 Å². The van der Waals surface area contributed by atoms with E-state index in [0.717, 1.165) is 12.5 Å². The lowest BCUT2D eigenvalue weighted by Crippen LogP contribution is -2.41. The first-order valence-electron chi connectivity index (χ1n) is 6.56. The Hall–Kier alpha value is -0.0800. The van der Waals surface area contributed by atoms with Crippen LogP contribution in [0.2, 0.25) is 0 Å². The molecule has 4 unspecified atom stereocenters. The van der Waals surface area contributed by atoms with Crippen molar-refractivity contribution in [1.82, 2.24) is 5.32 Å². The number of hydrogen-bond donors (Lipinski definition) is 1. The van der Waals surface area contributed by atoms with Crippen LogP contribution >= 0.6 is 0 Å². The summed E-state index contributed by atoms with van der Waals surface area (Å²) in [5.41, 5.74) is 0. The van der Waals surface area contributed by atoms with Gasteiger partial charge in [0.1, 0.15) is 0 Å². The predicted molar refractivity (Wildman–Crippen MR) is 65.1 cm³/mol. The smallest absolute Gasteiger partial charge is 0.0732 e. The molecular formula is C13H27NO. The molecule has 2 nitrogen and oxygen atoms in total. The van der Waals surface area contributed by atoms with Crippen molar-refractivity contribution in [3.63, 3.8) is 0 Å². The van der Waals surface area contributed by atoms with Crippen LogP contribution in [-0.2, 0) is 4.74 Å². The predicted octanol–water partition coefficient (Wildman–Crippen LogP) is 2.97. The number of nitrogens with one attached hydrogen (secondary N) is 1. The first-order valence-corrected chi connectivity index (χ1v) is 6.56. The van der Waals surface area contributed by atoms with E-state index < -0.39 is 0 Å². The van der Waals surface area contributed by atoms with Crippen molar-refractivity contribution in [3.05, 3.63) is 0 Å². The zero-order valence-electron chi connectivity index (χ0n) is 10.8. The standard InChI is InChI=1S/C13H27NO/c1-5-10(3)9-12(14-6-2)13-8-7-11(4)15-13/h10-14H,5-9H2,1-4H3. The van der Waals surface area contributed by atoms with E-state index in [1.165, 1.54) is 25.7 Å². The van der Waals surface area contributed by atoms with Crippen LogP contribution in [0.1, 0.15) is 53.4 Å². The van der Waals surface area contributed by atoms with Gasteiger partial charge in [0.15, 0.2) is 0 Å². The number of ether oxygens (including phenoxy) is 1. The van der Waals surface area contributed by atoms with E-state index in [2.05, 4.69) is 33.0 Å². The summed E-state index contributed by atoms with van der Waals surface area (Å²) in [5.74, 6) is 0.800. The van der Waals surface area contributed by atoms with E-state index in [1.807, 2.05) is 0 Å². The van der Waals surface area contributed by atoms with Crippen LogP contribution in [0.25, 0.3) is 0 Å². The van der Waals surface area contributed by atoms with E-state index in [-0.39, 0.29) is 0 Å². The molecule has 0 amide bonds. The second-order valence-electron chi connectivity index (χ2n) is 4.98. The highest BCUT2D eigenvalue weighted by atomic mass is 16.5. The van der Waals surface area contributed by atoms with Gasteiger partial charge >= 0.3 is 0 Å². The van der Waals surface area contributed by atoms with Crippen LogP contribution in [0.3, 0.4) is 0 Å². The summed E-state index contributed by atoms with van der Waals surface area (Å²) in [6.07, 6.45) is 5.90. The van der Waals surface area contributed by atoms with Gasteiger partial charge in [-0.3, -0.25) is 0 Å². The SMILES string of the molecule is CCNC(CC(C)CC)C1CCC(C)O1. The summed E-state index contributed by atoms with van der Waals surface area (Å²) in [4.78, 5) is 0.